The van der Waals surface area contributed by atoms with Gasteiger partial charge in [0.15, 0.2) is 0 Å². The predicted molar refractivity (Wildman–Crippen MR) is 41.7 cm³/mol. The molecular formula is C5H12NO5P. The van der Waals surface area contributed by atoms with E-state index in [0.717, 1.165) is 0 Å². The molecule has 0 aliphatic rings. The Bertz CT molecular complexity index is 212. The van der Waals surface area contributed by atoms with E-state index in [-0.39, 0.29) is 0 Å². The van der Waals surface area contributed by atoms with Crippen LogP contribution in [0.2, 0.25) is 0 Å². The number of hydrogen-bond donors (Lipinski definition) is 4. The summed E-state index contributed by atoms with van der Waals surface area (Å²) in [5, 5.41) is 8.37. The zero-order chi connectivity index (χ0) is 9.94. The summed E-state index contributed by atoms with van der Waals surface area (Å²) in [4.78, 5) is 27.2. The molecule has 0 radical (unpaired) electrons. The molecule has 0 saturated carbocycles. The second kappa shape index (κ2) is 4.00. The molecular weight excluding hydrogens is 185 g/mol. The minimum absolute atomic E-state index is 0.500. The van der Waals surface area contributed by atoms with Crippen molar-refractivity contribution in [1.29, 1.82) is 0 Å². The molecule has 5 N–H and O–H groups in total. The molecule has 0 aromatic heterocycles. The highest BCUT2D eigenvalue weighted by molar-refractivity contribution is 7.51. The minimum Gasteiger partial charge on any atom is -0.480 e. The number of rotatable bonds is 4. The summed E-state index contributed by atoms with van der Waals surface area (Å²) in [6, 6.07) is -1.22. The van der Waals surface area contributed by atoms with Crippen LogP contribution in [-0.2, 0) is 9.36 Å². The summed E-state index contributed by atoms with van der Waals surface area (Å²) < 4.78 is 10.4. The SMILES string of the molecule is C[C@H](CP(=O)(O)O)[C@H](N)C(=O)O. The van der Waals surface area contributed by atoms with Crippen LogP contribution in [0.3, 0.4) is 0 Å². The third-order valence-corrected chi connectivity index (χ3v) is 2.48. The Morgan fingerprint density at radius 2 is 2.00 bits per heavy atom. The number of carboxylic acid groups (broad SMARTS) is 1. The summed E-state index contributed by atoms with van der Waals surface area (Å²) >= 11 is 0. The van der Waals surface area contributed by atoms with Crippen molar-refractivity contribution in [1.82, 2.24) is 0 Å². The lowest BCUT2D eigenvalue weighted by Crippen LogP contribution is -2.38. The molecule has 0 rings (SSSR count). The van der Waals surface area contributed by atoms with Gasteiger partial charge in [-0.1, -0.05) is 6.92 Å². The Morgan fingerprint density at radius 3 is 2.25 bits per heavy atom. The van der Waals surface area contributed by atoms with E-state index >= 15 is 0 Å². The molecule has 0 heterocycles. The standard InChI is InChI=1S/C5H12NO5P/c1-3(2-12(9,10)11)4(6)5(7)8/h3-4H,2,6H2,1H3,(H,7,8)(H2,9,10,11)/t3-,4+/m1/s1. The second-order valence-electron chi connectivity index (χ2n) is 2.69. The lowest BCUT2D eigenvalue weighted by molar-refractivity contribution is -0.139. The van der Waals surface area contributed by atoms with Gasteiger partial charge in [-0.3, -0.25) is 9.36 Å². The summed E-state index contributed by atoms with van der Waals surface area (Å²) in [6.45, 7) is 1.39. The van der Waals surface area contributed by atoms with Gasteiger partial charge in [-0.15, -0.1) is 0 Å². The molecule has 2 atom stereocenters. The highest BCUT2D eigenvalue weighted by Gasteiger charge is 2.26. The molecule has 0 aromatic rings. The van der Waals surface area contributed by atoms with E-state index in [9.17, 15) is 9.36 Å². The average Bonchev–Trinajstić information content (AvgIpc) is 1.82. The summed E-state index contributed by atoms with van der Waals surface area (Å²) in [5.41, 5.74) is 5.12. The first-order valence-electron chi connectivity index (χ1n) is 3.27. The molecule has 0 aromatic carbocycles. The van der Waals surface area contributed by atoms with Crippen LogP contribution in [0.25, 0.3) is 0 Å². The van der Waals surface area contributed by atoms with Gasteiger partial charge in [-0.2, -0.15) is 0 Å². The maximum absolute atomic E-state index is 10.4. The number of nitrogens with two attached hydrogens (primary N) is 1. The van der Waals surface area contributed by atoms with E-state index in [1.54, 1.807) is 0 Å². The molecule has 72 valence electrons. The number of aliphatic carboxylic acids is 1. The topological polar surface area (TPSA) is 121 Å². The first kappa shape index (κ1) is 11.6. The predicted octanol–water partition coefficient (Wildman–Crippen LogP) is -0.788. The van der Waals surface area contributed by atoms with E-state index in [1.165, 1.54) is 6.92 Å². The van der Waals surface area contributed by atoms with Gasteiger partial charge in [0.1, 0.15) is 6.04 Å². The molecule has 7 heteroatoms. The molecule has 0 bridgehead atoms. The highest BCUT2D eigenvalue weighted by atomic mass is 31.2. The third kappa shape index (κ3) is 4.46. The van der Waals surface area contributed by atoms with Crippen molar-refractivity contribution >= 4 is 13.6 Å². The number of carbonyl (C=O) groups is 1. The molecule has 0 unspecified atom stereocenters. The molecule has 0 spiro atoms. The van der Waals surface area contributed by atoms with Crippen molar-refractivity contribution in [3.8, 4) is 0 Å². The molecule has 0 saturated heterocycles. The van der Waals surface area contributed by atoms with Gasteiger partial charge in [-0.25, -0.2) is 0 Å². The van der Waals surface area contributed by atoms with E-state index < -0.39 is 31.7 Å². The molecule has 12 heavy (non-hydrogen) atoms. The van der Waals surface area contributed by atoms with Crippen LogP contribution in [0.5, 0.6) is 0 Å². The van der Waals surface area contributed by atoms with Crippen molar-refractivity contribution in [3.05, 3.63) is 0 Å². The number of hydrogen-bond acceptors (Lipinski definition) is 3. The van der Waals surface area contributed by atoms with Gasteiger partial charge in [-0.05, 0) is 5.92 Å². The average molecular weight is 197 g/mol. The van der Waals surface area contributed by atoms with Crippen molar-refractivity contribution < 1.29 is 24.3 Å². The minimum atomic E-state index is -4.16. The Balaban J connectivity index is 4.13. The zero-order valence-electron chi connectivity index (χ0n) is 6.54. The molecule has 0 aliphatic carbocycles. The monoisotopic (exact) mass is 197 g/mol. The van der Waals surface area contributed by atoms with Gasteiger partial charge in [0.25, 0.3) is 0 Å². The van der Waals surface area contributed by atoms with Gasteiger partial charge >= 0.3 is 13.6 Å². The molecule has 0 fully saturated rings. The van der Waals surface area contributed by atoms with Crippen LogP contribution in [0, 0.1) is 5.92 Å². The van der Waals surface area contributed by atoms with Crippen LogP contribution < -0.4 is 5.73 Å². The Morgan fingerprint density at radius 1 is 1.58 bits per heavy atom. The quantitative estimate of drug-likeness (QED) is 0.438. The maximum atomic E-state index is 10.4. The van der Waals surface area contributed by atoms with Crippen LogP contribution in [0.15, 0.2) is 0 Å². The smallest absolute Gasteiger partial charge is 0.325 e. The van der Waals surface area contributed by atoms with Crippen molar-refractivity contribution in [2.24, 2.45) is 11.7 Å². The largest absolute Gasteiger partial charge is 0.480 e. The Hall–Kier alpha value is -0.420. The first-order chi connectivity index (χ1) is 5.24. The molecule has 0 aliphatic heterocycles. The fourth-order valence-corrected chi connectivity index (χ4v) is 1.71. The summed E-state index contributed by atoms with van der Waals surface area (Å²) in [7, 11) is -4.16. The first-order valence-corrected chi connectivity index (χ1v) is 5.07. The van der Waals surface area contributed by atoms with Crippen LogP contribution in [0.4, 0.5) is 0 Å². The maximum Gasteiger partial charge on any atom is 0.325 e. The van der Waals surface area contributed by atoms with Crippen molar-refractivity contribution in [2.75, 3.05) is 6.16 Å². The fourth-order valence-electron chi connectivity index (χ4n) is 0.732. The van der Waals surface area contributed by atoms with E-state index in [1.807, 2.05) is 0 Å². The zero-order valence-corrected chi connectivity index (χ0v) is 7.44. The molecule has 0 amide bonds. The lowest BCUT2D eigenvalue weighted by atomic mass is 10.1. The fraction of sp³-hybridized carbons (Fsp3) is 0.800. The van der Waals surface area contributed by atoms with Crippen molar-refractivity contribution in [3.63, 3.8) is 0 Å². The van der Waals surface area contributed by atoms with Gasteiger partial charge in [0, 0.05) is 0 Å². The van der Waals surface area contributed by atoms with Gasteiger partial charge < -0.3 is 20.6 Å². The Kier molecular flexibility index (Phi) is 3.86. The van der Waals surface area contributed by atoms with Crippen molar-refractivity contribution in [2.45, 2.75) is 13.0 Å². The van der Waals surface area contributed by atoms with Gasteiger partial charge in [0.2, 0.25) is 0 Å². The van der Waals surface area contributed by atoms with E-state index in [2.05, 4.69) is 0 Å². The third-order valence-electron chi connectivity index (χ3n) is 1.42. The van der Waals surface area contributed by atoms with Crippen LogP contribution >= 0.6 is 7.60 Å². The Labute approximate surface area is 69.5 Å². The van der Waals surface area contributed by atoms with E-state index in [0.29, 0.717) is 0 Å². The second-order valence-corrected chi connectivity index (χ2v) is 4.38. The van der Waals surface area contributed by atoms with Crippen LogP contribution in [0.1, 0.15) is 6.92 Å². The van der Waals surface area contributed by atoms with E-state index in [4.69, 9.17) is 20.6 Å². The summed E-state index contributed by atoms with van der Waals surface area (Å²) in [6.07, 6.45) is -0.500. The van der Waals surface area contributed by atoms with Gasteiger partial charge in [0.05, 0.1) is 6.16 Å². The summed E-state index contributed by atoms with van der Waals surface area (Å²) in [5.74, 6) is -1.99. The molecule has 6 nitrogen and oxygen atoms in total. The number of carboxylic acids is 1. The van der Waals surface area contributed by atoms with Crippen LogP contribution in [-0.4, -0.2) is 33.1 Å². The normalized spacial score (nSPS) is 17.0. The highest BCUT2D eigenvalue weighted by Crippen LogP contribution is 2.37. The lowest BCUT2D eigenvalue weighted by Gasteiger charge is -2.15.